The van der Waals surface area contributed by atoms with Gasteiger partial charge in [0.15, 0.2) is 0 Å². The van der Waals surface area contributed by atoms with Crippen molar-refractivity contribution in [3.8, 4) is 23.5 Å². The number of hydrogen-bond acceptors (Lipinski definition) is 12. The zero-order valence-electron chi connectivity index (χ0n) is 33.1. The van der Waals surface area contributed by atoms with Gasteiger partial charge in [0.05, 0.1) is 9.79 Å². The van der Waals surface area contributed by atoms with Gasteiger partial charge in [0.25, 0.3) is 20.0 Å². The van der Waals surface area contributed by atoms with E-state index in [1.807, 2.05) is 20.8 Å². The average Bonchev–Trinajstić information content (AvgIpc) is 3.25. The molecule has 7 rings (SSSR count). The Labute approximate surface area is 353 Å². The van der Waals surface area contributed by atoms with Crippen molar-refractivity contribution in [3.63, 3.8) is 0 Å². The second-order valence-electron chi connectivity index (χ2n) is 14.4. The molecule has 0 saturated heterocycles. The van der Waals surface area contributed by atoms with Gasteiger partial charge >= 0.3 is 17.1 Å². The van der Waals surface area contributed by atoms with Gasteiger partial charge in [-0.2, -0.15) is 0 Å². The summed E-state index contributed by atoms with van der Waals surface area (Å²) in [6.45, 7) is 5.72. The maximum atomic E-state index is 14.9. The van der Waals surface area contributed by atoms with Crippen molar-refractivity contribution in [2.45, 2.75) is 62.3 Å². The van der Waals surface area contributed by atoms with E-state index in [0.717, 1.165) is 11.1 Å². The maximum absolute atomic E-state index is 14.9. The largest absolute Gasteiger partial charge is 0.408 e. The Bertz CT molecular complexity index is 2430. The van der Waals surface area contributed by atoms with Gasteiger partial charge < -0.3 is 18.1 Å². The SMILES string of the molecule is Cc1ccc(S(=O)(=O)N(CC2(C)CCC(N(P(Oc3ccccn3)Oc3ccccn3)S(=O)(=O)c3ccc(C)cc3)CC2)P(Oc2ccccn2)Oc2ccccn2)cc1. The van der Waals surface area contributed by atoms with Crippen LogP contribution in [0.3, 0.4) is 0 Å². The quantitative estimate of drug-likeness (QED) is 0.0799. The highest BCUT2D eigenvalue weighted by Gasteiger charge is 2.48. The lowest BCUT2D eigenvalue weighted by Gasteiger charge is -2.43. The number of pyridine rings is 4. The standard InChI is InChI=1S/C42H44N6O8P2S2/c1-33-16-20-36(21-17-33)59(49,50)47(57(53-38-12-4-8-28-43-38)54-39-13-5-9-29-44-39)32-42(3)26-24-35(25-27-42)48(60(51,52)37-22-18-34(2)19-23-37)58(55-40-14-6-10-30-45-40)56-41-15-7-11-31-46-41/h4-23,28-31,35H,24-27,32H2,1-3H3. The highest BCUT2D eigenvalue weighted by Crippen LogP contribution is 2.54. The molecular formula is C42H44N6O8P2S2. The first kappa shape index (κ1) is 43.0. The van der Waals surface area contributed by atoms with Crippen LogP contribution in [0, 0.1) is 19.3 Å². The third-order valence-electron chi connectivity index (χ3n) is 9.73. The van der Waals surface area contributed by atoms with E-state index < -0.39 is 48.6 Å². The predicted octanol–water partition coefficient (Wildman–Crippen LogP) is 9.28. The van der Waals surface area contributed by atoms with E-state index in [9.17, 15) is 16.8 Å². The normalized spacial score (nSPS) is 17.1. The van der Waals surface area contributed by atoms with Crippen molar-refractivity contribution in [2.24, 2.45) is 5.41 Å². The van der Waals surface area contributed by atoms with E-state index >= 15 is 0 Å². The first-order valence-electron chi connectivity index (χ1n) is 19.1. The fraction of sp³-hybridized carbons (Fsp3) is 0.238. The van der Waals surface area contributed by atoms with Gasteiger partial charge in [0.1, 0.15) is 0 Å². The van der Waals surface area contributed by atoms with Crippen molar-refractivity contribution >= 4 is 37.1 Å². The van der Waals surface area contributed by atoms with Crippen molar-refractivity contribution in [1.82, 2.24) is 28.1 Å². The first-order chi connectivity index (χ1) is 28.9. The average molecular weight is 887 g/mol. The minimum atomic E-state index is -4.27. The van der Waals surface area contributed by atoms with Crippen LogP contribution in [0.5, 0.6) is 23.5 Å². The fourth-order valence-corrected chi connectivity index (χ4v) is 13.8. The molecule has 4 heterocycles. The first-order valence-corrected chi connectivity index (χ1v) is 24.2. The maximum Gasteiger partial charge on any atom is 0.402 e. The number of aryl methyl sites for hydroxylation is 2. The molecular weight excluding hydrogens is 843 g/mol. The Kier molecular flexibility index (Phi) is 13.7. The summed E-state index contributed by atoms with van der Waals surface area (Å²) in [6, 6.07) is 33.0. The molecule has 0 amide bonds. The molecule has 0 spiro atoms. The predicted molar refractivity (Wildman–Crippen MR) is 229 cm³/mol. The summed E-state index contributed by atoms with van der Waals surface area (Å²) in [7, 11) is -13.4. The summed E-state index contributed by atoms with van der Waals surface area (Å²) in [4.78, 5) is 17.4. The molecule has 312 valence electrons. The number of sulfonamides is 2. The minimum Gasteiger partial charge on any atom is -0.408 e. The molecule has 4 aromatic heterocycles. The fourth-order valence-electron chi connectivity index (χ4n) is 6.44. The monoisotopic (exact) mass is 886 g/mol. The van der Waals surface area contributed by atoms with E-state index in [2.05, 4.69) is 19.9 Å². The molecule has 0 radical (unpaired) electrons. The Balaban J connectivity index is 1.24. The summed E-state index contributed by atoms with van der Waals surface area (Å²) in [5, 5.41) is 0. The zero-order chi connectivity index (χ0) is 42.2. The van der Waals surface area contributed by atoms with Gasteiger partial charge in [0, 0.05) is 61.6 Å². The molecule has 0 atom stereocenters. The molecule has 1 saturated carbocycles. The lowest BCUT2D eigenvalue weighted by molar-refractivity contribution is 0.152. The van der Waals surface area contributed by atoms with Gasteiger partial charge in [-0.25, -0.2) is 36.8 Å². The Morgan fingerprint density at radius 3 is 1.28 bits per heavy atom. The van der Waals surface area contributed by atoms with Gasteiger partial charge in [-0.15, -0.1) is 8.15 Å². The van der Waals surface area contributed by atoms with E-state index in [0.29, 0.717) is 25.7 Å². The van der Waals surface area contributed by atoms with E-state index in [4.69, 9.17) is 18.1 Å². The Morgan fingerprint density at radius 1 is 0.550 bits per heavy atom. The highest BCUT2D eigenvalue weighted by atomic mass is 32.2. The van der Waals surface area contributed by atoms with Gasteiger partial charge in [-0.1, -0.05) is 66.6 Å². The third-order valence-corrected chi connectivity index (χ3v) is 17.6. The number of rotatable bonds is 17. The van der Waals surface area contributed by atoms with Crippen LogP contribution in [0.25, 0.3) is 0 Å². The second-order valence-corrected chi connectivity index (χ2v) is 21.3. The van der Waals surface area contributed by atoms with Crippen LogP contribution in [0.2, 0.25) is 0 Å². The van der Waals surface area contributed by atoms with Crippen LogP contribution in [0.1, 0.15) is 43.7 Å². The molecule has 0 N–H and O–H groups in total. The molecule has 14 nitrogen and oxygen atoms in total. The topological polar surface area (TPSA) is 163 Å². The third kappa shape index (κ3) is 10.6. The van der Waals surface area contributed by atoms with Gasteiger partial charge in [-0.3, -0.25) is 0 Å². The molecule has 18 heteroatoms. The number of aromatic nitrogens is 4. The van der Waals surface area contributed by atoms with E-state index in [1.54, 1.807) is 146 Å². The summed E-state index contributed by atoms with van der Waals surface area (Å²) in [5.74, 6) is 0.693. The zero-order valence-corrected chi connectivity index (χ0v) is 36.6. The summed E-state index contributed by atoms with van der Waals surface area (Å²) >= 11 is 0. The van der Waals surface area contributed by atoms with E-state index in [1.165, 1.54) is 8.15 Å². The minimum absolute atomic E-state index is 0.0321. The van der Waals surface area contributed by atoms with Crippen LogP contribution < -0.4 is 18.1 Å². The van der Waals surface area contributed by atoms with Crippen LogP contribution in [0.15, 0.2) is 156 Å². The molecule has 1 aliphatic carbocycles. The van der Waals surface area contributed by atoms with Crippen molar-refractivity contribution < 1.29 is 34.9 Å². The van der Waals surface area contributed by atoms with Crippen LogP contribution in [-0.2, 0) is 20.0 Å². The Hall–Kier alpha value is -5.08. The summed E-state index contributed by atoms with van der Waals surface area (Å²) in [6.07, 6.45) is 7.67. The second kappa shape index (κ2) is 19.1. The van der Waals surface area contributed by atoms with Crippen LogP contribution in [-0.4, -0.2) is 57.5 Å². The van der Waals surface area contributed by atoms with E-state index in [-0.39, 0.29) is 39.9 Å². The van der Waals surface area contributed by atoms with Gasteiger partial charge in [0.2, 0.25) is 23.5 Å². The number of benzene rings is 2. The molecule has 0 aliphatic heterocycles. The Morgan fingerprint density at radius 2 is 0.917 bits per heavy atom. The smallest absolute Gasteiger partial charge is 0.402 e. The lowest BCUT2D eigenvalue weighted by Crippen LogP contribution is -2.45. The summed E-state index contributed by atoms with van der Waals surface area (Å²) < 4.78 is 87.2. The van der Waals surface area contributed by atoms with Crippen LogP contribution >= 0.6 is 17.1 Å². The molecule has 6 aromatic rings. The van der Waals surface area contributed by atoms with Gasteiger partial charge in [-0.05, 0) is 93.5 Å². The molecule has 2 aromatic carbocycles. The van der Waals surface area contributed by atoms with Crippen molar-refractivity contribution in [1.29, 1.82) is 0 Å². The van der Waals surface area contributed by atoms with Crippen LogP contribution in [0.4, 0.5) is 0 Å². The molecule has 0 unspecified atom stereocenters. The van der Waals surface area contributed by atoms with Crippen molar-refractivity contribution in [3.05, 3.63) is 157 Å². The molecule has 60 heavy (non-hydrogen) atoms. The van der Waals surface area contributed by atoms with Crippen molar-refractivity contribution in [2.75, 3.05) is 6.54 Å². The lowest BCUT2D eigenvalue weighted by atomic mass is 9.74. The molecule has 0 bridgehead atoms. The number of nitrogens with zero attached hydrogens (tertiary/aromatic N) is 6. The number of hydrogen-bond donors (Lipinski definition) is 0. The highest BCUT2D eigenvalue weighted by molar-refractivity contribution is 7.94. The summed E-state index contributed by atoms with van der Waals surface area (Å²) in [5.41, 5.74) is 1.10. The molecule has 1 aliphatic rings. The molecule has 1 fully saturated rings.